The van der Waals surface area contributed by atoms with E-state index < -0.39 is 5.82 Å². The minimum Gasteiger partial charge on any atom is -0.351 e. The van der Waals surface area contributed by atoms with Crippen LogP contribution in [0.3, 0.4) is 0 Å². The molecule has 1 saturated carbocycles. The Morgan fingerprint density at radius 3 is 2.78 bits per heavy atom. The second-order valence-corrected chi connectivity index (χ2v) is 5.98. The number of nitrogens with one attached hydrogen (secondary N) is 1. The Bertz CT molecular complexity index is 462. The van der Waals surface area contributed by atoms with Crippen molar-refractivity contribution in [2.24, 2.45) is 5.41 Å². The van der Waals surface area contributed by atoms with Crippen LogP contribution >= 0.6 is 27.5 Å². The van der Waals surface area contributed by atoms with Crippen LogP contribution in [0.4, 0.5) is 4.39 Å². The number of benzene rings is 1. The molecule has 0 bridgehead atoms. The number of hydrogen-bond donors (Lipinski definition) is 1. The van der Waals surface area contributed by atoms with E-state index in [-0.39, 0.29) is 16.9 Å². The fourth-order valence-electron chi connectivity index (χ4n) is 1.93. The lowest BCUT2D eigenvalue weighted by molar-refractivity contribution is 0.0940. The van der Waals surface area contributed by atoms with E-state index in [1.165, 1.54) is 12.1 Å². The van der Waals surface area contributed by atoms with Crippen LogP contribution in [-0.4, -0.2) is 17.8 Å². The first-order chi connectivity index (χ1) is 8.56. The van der Waals surface area contributed by atoms with Crippen molar-refractivity contribution in [1.82, 2.24) is 5.32 Å². The Morgan fingerprint density at radius 1 is 1.50 bits per heavy atom. The monoisotopic (exact) mass is 333 g/mol. The molecule has 0 aromatic heterocycles. The van der Waals surface area contributed by atoms with Crippen LogP contribution in [0.1, 0.15) is 29.6 Å². The summed E-state index contributed by atoms with van der Waals surface area (Å²) < 4.78 is 13.5. The first-order valence-electron chi connectivity index (χ1n) is 5.86. The number of carbonyl (C=O) groups excluding carboxylic acids is 1. The number of rotatable bonds is 5. The van der Waals surface area contributed by atoms with Gasteiger partial charge >= 0.3 is 0 Å². The summed E-state index contributed by atoms with van der Waals surface area (Å²) in [7, 11) is 0. The molecule has 2 rings (SSSR count). The van der Waals surface area contributed by atoms with Gasteiger partial charge in [0.05, 0.1) is 5.56 Å². The van der Waals surface area contributed by atoms with Crippen molar-refractivity contribution in [3.8, 4) is 0 Å². The predicted octanol–water partition coefficient (Wildman–Crippen LogP) is 3.77. The molecule has 5 heteroatoms. The van der Waals surface area contributed by atoms with Crippen molar-refractivity contribution < 1.29 is 9.18 Å². The van der Waals surface area contributed by atoms with Crippen LogP contribution in [0.25, 0.3) is 0 Å². The molecule has 0 atom stereocenters. The van der Waals surface area contributed by atoms with Crippen molar-refractivity contribution in [2.45, 2.75) is 19.3 Å². The molecule has 0 saturated heterocycles. The smallest absolute Gasteiger partial charge is 0.254 e. The fourth-order valence-corrected chi connectivity index (χ4v) is 2.93. The first kappa shape index (κ1) is 13.8. The number of alkyl halides is 1. The van der Waals surface area contributed by atoms with Gasteiger partial charge in [0.1, 0.15) is 5.82 Å². The van der Waals surface area contributed by atoms with Crippen LogP contribution in [0, 0.1) is 11.2 Å². The lowest BCUT2D eigenvalue weighted by Gasteiger charge is -2.14. The second-order valence-electron chi connectivity index (χ2n) is 4.75. The van der Waals surface area contributed by atoms with Gasteiger partial charge in [0, 0.05) is 16.9 Å². The van der Waals surface area contributed by atoms with Gasteiger partial charge in [-0.05, 0) is 42.9 Å². The minimum atomic E-state index is -0.578. The Kier molecular flexibility index (Phi) is 4.28. The molecule has 2 nitrogen and oxygen atoms in total. The summed E-state index contributed by atoms with van der Waals surface area (Å²) in [6, 6.07) is 4.09. The van der Waals surface area contributed by atoms with E-state index in [1.807, 2.05) is 0 Å². The van der Waals surface area contributed by atoms with Gasteiger partial charge in [0.2, 0.25) is 0 Å². The third kappa shape index (κ3) is 3.23. The van der Waals surface area contributed by atoms with Gasteiger partial charge in [-0.25, -0.2) is 4.39 Å². The summed E-state index contributed by atoms with van der Waals surface area (Å²) in [6.07, 6.45) is 3.29. The summed E-state index contributed by atoms with van der Waals surface area (Å²) in [5.74, 6) is -0.949. The van der Waals surface area contributed by atoms with Crippen molar-refractivity contribution >= 4 is 33.4 Å². The molecule has 1 N–H and O–H groups in total. The third-order valence-corrected chi connectivity index (χ3v) is 4.01. The van der Waals surface area contributed by atoms with Crippen LogP contribution in [-0.2, 0) is 0 Å². The fraction of sp³-hybridized carbons (Fsp3) is 0.462. The highest BCUT2D eigenvalue weighted by atomic mass is 79.9. The Labute approximate surface area is 119 Å². The number of halogens is 3. The summed E-state index contributed by atoms with van der Waals surface area (Å²) in [6.45, 7) is 0.611. The molecule has 1 fully saturated rings. The third-order valence-electron chi connectivity index (χ3n) is 3.38. The van der Waals surface area contributed by atoms with Gasteiger partial charge in [-0.1, -0.05) is 27.5 Å². The zero-order chi connectivity index (χ0) is 13.2. The van der Waals surface area contributed by atoms with E-state index in [2.05, 4.69) is 21.2 Å². The Hall–Kier alpha value is -0.610. The van der Waals surface area contributed by atoms with Crippen LogP contribution in [0.2, 0.25) is 5.02 Å². The zero-order valence-electron chi connectivity index (χ0n) is 9.81. The maximum atomic E-state index is 13.5. The predicted molar refractivity (Wildman–Crippen MR) is 73.8 cm³/mol. The normalized spacial score (nSPS) is 16.4. The zero-order valence-corrected chi connectivity index (χ0v) is 12.2. The van der Waals surface area contributed by atoms with Crippen molar-refractivity contribution in [1.29, 1.82) is 0 Å². The molecule has 0 aliphatic heterocycles. The molecule has 1 aliphatic rings. The molecule has 1 aliphatic carbocycles. The maximum absolute atomic E-state index is 13.5. The number of hydrogen-bond acceptors (Lipinski definition) is 1. The van der Waals surface area contributed by atoms with Crippen molar-refractivity contribution in [2.75, 3.05) is 11.9 Å². The SMILES string of the molecule is O=C(NCC1(CCBr)CC1)c1ccc(Cl)cc1F. The van der Waals surface area contributed by atoms with E-state index in [4.69, 9.17) is 11.6 Å². The summed E-state index contributed by atoms with van der Waals surface area (Å²) >= 11 is 9.05. The van der Waals surface area contributed by atoms with E-state index in [0.717, 1.165) is 30.7 Å². The molecule has 0 heterocycles. The number of carbonyl (C=O) groups is 1. The highest BCUT2D eigenvalue weighted by Crippen LogP contribution is 2.48. The lowest BCUT2D eigenvalue weighted by Crippen LogP contribution is -2.31. The van der Waals surface area contributed by atoms with Crippen LogP contribution < -0.4 is 5.32 Å². The van der Waals surface area contributed by atoms with Gasteiger partial charge in [-0.15, -0.1) is 0 Å². The topological polar surface area (TPSA) is 29.1 Å². The largest absolute Gasteiger partial charge is 0.351 e. The van der Waals surface area contributed by atoms with E-state index in [0.29, 0.717) is 11.6 Å². The Morgan fingerprint density at radius 2 is 2.22 bits per heavy atom. The molecule has 0 radical (unpaired) electrons. The molecule has 1 aromatic carbocycles. The molecule has 1 amide bonds. The highest BCUT2D eigenvalue weighted by Gasteiger charge is 2.41. The summed E-state index contributed by atoms with van der Waals surface area (Å²) in [5.41, 5.74) is 0.274. The highest BCUT2D eigenvalue weighted by molar-refractivity contribution is 9.09. The Balaban J connectivity index is 1.96. The van der Waals surface area contributed by atoms with E-state index >= 15 is 0 Å². The maximum Gasteiger partial charge on any atom is 0.254 e. The minimum absolute atomic E-state index is 0.0500. The standard InChI is InChI=1S/C13H14BrClFNO/c14-6-5-13(3-4-13)8-17-12(18)10-2-1-9(15)7-11(10)16/h1-2,7H,3-6,8H2,(H,17,18). The van der Waals surface area contributed by atoms with Gasteiger partial charge in [-0.2, -0.15) is 0 Å². The van der Waals surface area contributed by atoms with Crippen LogP contribution in [0.15, 0.2) is 18.2 Å². The lowest BCUT2D eigenvalue weighted by atomic mass is 10.0. The number of amides is 1. The first-order valence-corrected chi connectivity index (χ1v) is 7.35. The molecular weight excluding hydrogens is 321 g/mol. The van der Waals surface area contributed by atoms with Crippen molar-refractivity contribution in [3.63, 3.8) is 0 Å². The molecule has 18 heavy (non-hydrogen) atoms. The second kappa shape index (κ2) is 5.57. The van der Waals surface area contributed by atoms with Crippen LogP contribution in [0.5, 0.6) is 0 Å². The van der Waals surface area contributed by atoms with Gasteiger partial charge in [0.15, 0.2) is 0 Å². The average molecular weight is 335 g/mol. The summed E-state index contributed by atoms with van der Waals surface area (Å²) in [5, 5.41) is 4.03. The summed E-state index contributed by atoms with van der Waals surface area (Å²) in [4.78, 5) is 11.8. The molecular formula is C13H14BrClFNO. The molecule has 1 aromatic rings. The van der Waals surface area contributed by atoms with E-state index in [1.54, 1.807) is 0 Å². The van der Waals surface area contributed by atoms with E-state index in [9.17, 15) is 9.18 Å². The van der Waals surface area contributed by atoms with Gasteiger partial charge in [-0.3, -0.25) is 4.79 Å². The molecule has 0 unspecified atom stereocenters. The van der Waals surface area contributed by atoms with Gasteiger partial charge in [0.25, 0.3) is 5.91 Å². The van der Waals surface area contributed by atoms with Crippen molar-refractivity contribution in [3.05, 3.63) is 34.6 Å². The quantitative estimate of drug-likeness (QED) is 0.816. The molecule has 0 spiro atoms. The average Bonchev–Trinajstić information content (AvgIpc) is 3.07. The van der Waals surface area contributed by atoms with Gasteiger partial charge < -0.3 is 5.32 Å². The molecule has 98 valence electrons.